The van der Waals surface area contributed by atoms with Crippen molar-refractivity contribution in [3.8, 4) is 11.1 Å². The molecule has 1 aromatic heterocycles. The normalized spacial score (nSPS) is 20.9. The van der Waals surface area contributed by atoms with Gasteiger partial charge in [-0.15, -0.1) is 0 Å². The van der Waals surface area contributed by atoms with Crippen molar-refractivity contribution in [1.29, 1.82) is 0 Å². The predicted octanol–water partition coefficient (Wildman–Crippen LogP) is 4.20. The van der Waals surface area contributed by atoms with E-state index in [1.807, 2.05) is 66.7 Å². The maximum Gasteiger partial charge on any atom is 0.243 e. The molecule has 0 N–H and O–H groups in total. The van der Waals surface area contributed by atoms with Gasteiger partial charge in [0, 0.05) is 31.2 Å². The Kier molecular flexibility index (Phi) is 4.89. The van der Waals surface area contributed by atoms with Crippen LogP contribution in [0.25, 0.3) is 22.2 Å². The number of aromatic nitrogens is 2. The number of hydrogen-bond acceptors (Lipinski definition) is 5. The second-order valence-electron chi connectivity index (χ2n) is 8.71. The third kappa shape index (κ3) is 3.48. The fourth-order valence-electron chi connectivity index (χ4n) is 5.02. The highest BCUT2D eigenvalue weighted by Crippen LogP contribution is 2.38. The van der Waals surface area contributed by atoms with E-state index in [1.165, 1.54) is 0 Å². The highest BCUT2D eigenvalue weighted by Gasteiger charge is 2.46. The molecule has 0 aliphatic carbocycles. The van der Waals surface area contributed by atoms with Gasteiger partial charge in [0.15, 0.2) is 0 Å². The molecule has 2 aliphatic rings. The molecule has 4 aromatic rings. The van der Waals surface area contributed by atoms with Crippen LogP contribution in [0.5, 0.6) is 0 Å². The number of anilines is 1. The monoisotopic (exact) mass is 456 g/mol. The van der Waals surface area contributed by atoms with Gasteiger partial charge in [-0.2, -0.15) is 4.31 Å². The van der Waals surface area contributed by atoms with E-state index in [9.17, 15) is 8.42 Å². The maximum absolute atomic E-state index is 13.8. The topological polar surface area (TPSA) is 66.4 Å². The average Bonchev–Trinajstić information content (AvgIpc) is 2.85. The first-order valence-electron chi connectivity index (χ1n) is 11.2. The molecule has 2 aliphatic heterocycles. The molecule has 2 atom stereocenters. The Hall–Kier alpha value is -3.29. The zero-order chi connectivity index (χ0) is 22.4. The molecule has 6 rings (SSSR count). The van der Waals surface area contributed by atoms with Crippen LogP contribution in [-0.2, 0) is 10.0 Å². The van der Waals surface area contributed by atoms with E-state index in [1.54, 1.807) is 22.6 Å². The summed E-state index contributed by atoms with van der Waals surface area (Å²) in [6.07, 6.45) is 2.66. The van der Waals surface area contributed by atoms with Crippen LogP contribution in [0.2, 0.25) is 0 Å². The minimum absolute atomic E-state index is 0.118. The number of piperidine rings is 1. The molecule has 7 heteroatoms. The summed E-state index contributed by atoms with van der Waals surface area (Å²) >= 11 is 0. The lowest BCUT2D eigenvalue weighted by Crippen LogP contribution is -2.65. The molecule has 3 aromatic carbocycles. The SMILES string of the molecule is O=S(=O)(c1ccccc1-c1ccccc1)N1CC[C@H]2CN(c3cnc4ccccc4n3)[C@H]2C1. The van der Waals surface area contributed by atoms with Gasteiger partial charge in [-0.3, -0.25) is 4.98 Å². The molecule has 0 bridgehead atoms. The first-order valence-corrected chi connectivity index (χ1v) is 12.7. The van der Waals surface area contributed by atoms with Gasteiger partial charge in [0.05, 0.1) is 22.1 Å². The lowest BCUT2D eigenvalue weighted by Gasteiger charge is -2.53. The number of sulfonamides is 1. The van der Waals surface area contributed by atoms with Gasteiger partial charge >= 0.3 is 0 Å². The van der Waals surface area contributed by atoms with E-state index in [0.717, 1.165) is 40.9 Å². The van der Waals surface area contributed by atoms with E-state index in [-0.39, 0.29) is 6.04 Å². The second-order valence-corrected chi connectivity index (χ2v) is 10.6. The number of benzene rings is 3. The molecular formula is C26H24N4O2S. The van der Waals surface area contributed by atoms with Crippen molar-refractivity contribution in [2.45, 2.75) is 17.4 Å². The molecule has 3 heterocycles. The largest absolute Gasteiger partial charge is 0.350 e. The molecule has 0 saturated carbocycles. The number of para-hydroxylation sites is 2. The van der Waals surface area contributed by atoms with Crippen LogP contribution in [-0.4, -0.2) is 48.4 Å². The van der Waals surface area contributed by atoms with Crippen LogP contribution >= 0.6 is 0 Å². The van der Waals surface area contributed by atoms with E-state index in [2.05, 4.69) is 9.88 Å². The highest BCUT2D eigenvalue weighted by atomic mass is 32.2. The Morgan fingerprint density at radius 1 is 0.818 bits per heavy atom. The molecule has 0 radical (unpaired) electrons. The van der Waals surface area contributed by atoms with E-state index in [4.69, 9.17) is 4.98 Å². The van der Waals surface area contributed by atoms with E-state index >= 15 is 0 Å². The lowest BCUT2D eigenvalue weighted by molar-refractivity contribution is 0.170. The minimum Gasteiger partial charge on any atom is -0.350 e. The molecule has 166 valence electrons. The van der Waals surface area contributed by atoms with E-state index in [0.29, 0.717) is 23.9 Å². The van der Waals surface area contributed by atoms with Crippen LogP contribution in [0.4, 0.5) is 5.82 Å². The zero-order valence-corrected chi connectivity index (χ0v) is 18.9. The average molecular weight is 457 g/mol. The summed E-state index contributed by atoms with van der Waals surface area (Å²) in [6, 6.07) is 24.9. The van der Waals surface area contributed by atoms with Crippen molar-refractivity contribution in [1.82, 2.24) is 14.3 Å². The summed E-state index contributed by atoms with van der Waals surface area (Å²) in [7, 11) is -3.63. The quantitative estimate of drug-likeness (QED) is 0.461. The van der Waals surface area contributed by atoms with Crippen molar-refractivity contribution in [3.63, 3.8) is 0 Å². The Labute approximate surface area is 193 Å². The standard InChI is InChI=1S/C26H24N4O2S/c31-33(32,25-13-7-4-10-21(25)19-8-2-1-3-9-19)29-15-14-20-17-30(24(20)18-29)26-16-27-22-11-5-6-12-23(22)28-26/h1-13,16,20,24H,14-15,17-18H2/t20-,24-/m0/s1. The number of nitrogens with zero attached hydrogens (tertiary/aromatic N) is 4. The van der Waals surface area contributed by atoms with Crippen molar-refractivity contribution in [2.75, 3.05) is 24.5 Å². The fraction of sp³-hybridized carbons (Fsp3) is 0.231. The summed E-state index contributed by atoms with van der Waals surface area (Å²) in [5.74, 6) is 1.30. The van der Waals surface area contributed by atoms with Gasteiger partial charge in [0.2, 0.25) is 10.0 Å². The van der Waals surface area contributed by atoms with Gasteiger partial charge < -0.3 is 4.90 Å². The molecule has 0 spiro atoms. The smallest absolute Gasteiger partial charge is 0.243 e. The highest BCUT2D eigenvalue weighted by molar-refractivity contribution is 7.89. The molecule has 2 saturated heterocycles. The Morgan fingerprint density at radius 2 is 1.55 bits per heavy atom. The molecule has 6 nitrogen and oxygen atoms in total. The Bertz CT molecular complexity index is 1420. The minimum atomic E-state index is -3.63. The van der Waals surface area contributed by atoms with Crippen LogP contribution in [0.15, 0.2) is 90.0 Å². The summed E-state index contributed by atoms with van der Waals surface area (Å²) in [4.78, 5) is 11.9. The summed E-state index contributed by atoms with van der Waals surface area (Å²) in [5.41, 5.74) is 3.37. The van der Waals surface area contributed by atoms with Crippen molar-refractivity contribution in [2.24, 2.45) is 5.92 Å². The Balaban J connectivity index is 1.29. The summed E-state index contributed by atoms with van der Waals surface area (Å²) in [6.45, 7) is 1.90. The summed E-state index contributed by atoms with van der Waals surface area (Å²) in [5, 5.41) is 0. The second kappa shape index (κ2) is 7.93. The van der Waals surface area contributed by atoms with Crippen molar-refractivity contribution in [3.05, 3.63) is 85.1 Å². The number of fused-ring (bicyclic) bond motifs is 2. The lowest BCUT2D eigenvalue weighted by atomic mass is 9.83. The van der Waals surface area contributed by atoms with Crippen LogP contribution in [0.1, 0.15) is 6.42 Å². The fourth-order valence-corrected chi connectivity index (χ4v) is 6.71. The van der Waals surface area contributed by atoms with E-state index < -0.39 is 10.0 Å². The van der Waals surface area contributed by atoms with Crippen molar-refractivity contribution < 1.29 is 8.42 Å². The molecule has 2 fully saturated rings. The molecule has 33 heavy (non-hydrogen) atoms. The van der Waals surface area contributed by atoms with Crippen LogP contribution in [0.3, 0.4) is 0 Å². The van der Waals surface area contributed by atoms with Gasteiger partial charge in [-0.05, 0) is 36.1 Å². The predicted molar refractivity (Wildman–Crippen MR) is 129 cm³/mol. The first-order chi connectivity index (χ1) is 16.1. The van der Waals surface area contributed by atoms with Crippen molar-refractivity contribution >= 4 is 26.9 Å². The third-order valence-electron chi connectivity index (χ3n) is 6.84. The third-order valence-corrected chi connectivity index (χ3v) is 8.76. The van der Waals surface area contributed by atoms with Gasteiger partial charge in [-0.25, -0.2) is 13.4 Å². The Morgan fingerprint density at radius 3 is 2.39 bits per heavy atom. The molecular weight excluding hydrogens is 432 g/mol. The zero-order valence-electron chi connectivity index (χ0n) is 18.1. The number of hydrogen-bond donors (Lipinski definition) is 0. The van der Waals surface area contributed by atoms with Gasteiger partial charge in [0.1, 0.15) is 5.82 Å². The van der Waals surface area contributed by atoms with Gasteiger partial charge in [0.25, 0.3) is 0 Å². The maximum atomic E-state index is 13.8. The van der Waals surface area contributed by atoms with Gasteiger partial charge in [-0.1, -0.05) is 60.7 Å². The first kappa shape index (κ1) is 20.3. The molecule has 0 unspecified atom stereocenters. The number of rotatable bonds is 4. The van der Waals surface area contributed by atoms with Crippen LogP contribution in [0, 0.1) is 5.92 Å². The molecule has 0 amide bonds. The van der Waals surface area contributed by atoms with Crippen LogP contribution < -0.4 is 4.90 Å². The summed E-state index contributed by atoms with van der Waals surface area (Å²) < 4.78 is 29.2.